The summed E-state index contributed by atoms with van der Waals surface area (Å²) in [6, 6.07) is 0. The first-order valence-corrected chi connectivity index (χ1v) is 3.08. The minimum absolute atomic E-state index is 0.388. The Labute approximate surface area is 59.0 Å². The molecule has 1 aromatic rings. The Morgan fingerprint density at radius 1 is 1.70 bits per heavy atom. The number of nitrogens with zero attached hydrogens (tertiary/aromatic N) is 2. The second kappa shape index (κ2) is 2.47. The van der Waals surface area contributed by atoms with E-state index in [0.717, 1.165) is 6.54 Å². The van der Waals surface area contributed by atoms with Crippen molar-refractivity contribution in [3.8, 4) is 0 Å². The van der Waals surface area contributed by atoms with E-state index in [9.17, 15) is 0 Å². The molecular formula is C5H11N5. The standard InChI is InChI=1S/C5H11N5/c1-2-9-10-4(6)3-8-5(10)7/h3,9H,2,6H2,1H3,(H2,7,8). The van der Waals surface area contributed by atoms with Crippen molar-refractivity contribution in [1.29, 1.82) is 0 Å². The highest BCUT2D eigenvalue weighted by Gasteiger charge is 1.99. The molecule has 1 rings (SSSR count). The SMILES string of the molecule is CCNn1c(N)cnc1N. The van der Waals surface area contributed by atoms with Crippen molar-refractivity contribution in [2.75, 3.05) is 23.4 Å². The lowest BCUT2D eigenvalue weighted by Gasteiger charge is -2.06. The quantitative estimate of drug-likeness (QED) is 0.524. The van der Waals surface area contributed by atoms with Crippen LogP contribution in [0.25, 0.3) is 0 Å². The third-order valence-corrected chi connectivity index (χ3v) is 1.13. The second-order valence-corrected chi connectivity index (χ2v) is 1.89. The van der Waals surface area contributed by atoms with Gasteiger partial charge in [0.1, 0.15) is 5.82 Å². The van der Waals surface area contributed by atoms with Crippen LogP contribution >= 0.6 is 0 Å². The Morgan fingerprint density at radius 3 is 2.80 bits per heavy atom. The highest BCUT2D eigenvalue weighted by Crippen LogP contribution is 2.04. The lowest BCUT2D eigenvalue weighted by Crippen LogP contribution is -2.18. The smallest absolute Gasteiger partial charge is 0.221 e. The average molecular weight is 141 g/mol. The van der Waals surface area contributed by atoms with Crippen molar-refractivity contribution in [2.24, 2.45) is 0 Å². The summed E-state index contributed by atoms with van der Waals surface area (Å²) in [6.07, 6.45) is 1.51. The van der Waals surface area contributed by atoms with Crippen molar-refractivity contribution in [2.45, 2.75) is 6.92 Å². The lowest BCUT2D eigenvalue weighted by atomic mass is 10.8. The summed E-state index contributed by atoms with van der Waals surface area (Å²) in [5.41, 5.74) is 13.9. The predicted molar refractivity (Wildman–Crippen MR) is 41.0 cm³/mol. The van der Waals surface area contributed by atoms with Crippen molar-refractivity contribution in [1.82, 2.24) is 9.66 Å². The molecule has 0 aliphatic heterocycles. The van der Waals surface area contributed by atoms with E-state index in [1.165, 1.54) is 6.20 Å². The van der Waals surface area contributed by atoms with E-state index in [4.69, 9.17) is 11.5 Å². The highest BCUT2D eigenvalue weighted by molar-refractivity contribution is 5.37. The second-order valence-electron chi connectivity index (χ2n) is 1.89. The Balaban J connectivity index is 2.87. The Morgan fingerprint density at radius 2 is 2.40 bits per heavy atom. The molecule has 0 fully saturated rings. The fourth-order valence-corrected chi connectivity index (χ4v) is 0.710. The maximum absolute atomic E-state index is 5.49. The first kappa shape index (κ1) is 6.73. The van der Waals surface area contributed by atoms with Crippen molar-refractivity contribution < 1.29 is 0 Å². The van der Waals surface area contributed by atoms with E-state index in [2.05, 4.69) is 10.4 Å². The predicted octanol–water partition coefficient (Wildman–Crippen LogP) is -0.389. The lowest BCUT2D eigenvalue weighted by molar-refractivity contribution is 0.884. The molecule has 0 aliphatic carbocycles. The van der Waals surface area contributed by atoms with Crippen LogP contribution in [0.2, 0.25) is 0 Å². The molecule has 0 spiro atoms. The van der Waals surface area contributed by atoms with E-state index in [1.54, 1.807) is 4.68 Å². The van der Waals surface area contributed by atoms with Gasteiger partial charge in [-0.25, -0.2) is 9.66 Å². The zero-order valence-corrected chi connectivity index (χ0v) is 5.83. The van der Waals surface area contributed by atoms with Crippen LogP contribution in [-0.4, -0.2) is 16.2 Å². The van der Waals surface area contributed by atoms with E-state index in [1.807, 2.05) is 6.92 Å². The van der Waals surface area contributed by atoms with Gasteiger partial charge >= 0.3 is 0 Å². The van der Waals surface area contributed by atoms with Gasteiger partial charge in [0.15, 0.2) is 0 Å². The molecule has 5 nitrogen and oxygen atoms in total. The van der Waals surface area contributed by atoms with Gasteiger partial charge < -0.3 is 16.9 Å². The van der Waals surface area contributed by atoms with E-state index >= 15 is 0 Å². The Hall–Kier alpha value is -1.39. The Kier molecular flexibility index (Phi) is 1.66. The van der Waals surface area contributed by atoms with Gasteiger partial charge in [-0.15, -0.1) is 0 Å². The number of rotatable bonds is 2. The van der Waals surface area contributed by atoms with Gasteiger partial charge in [-0.1, -0.05) is 0 Å². The molecule has 0 amide bonds. The molecule has 0 saturated carbocycles. The molecule has 10 heavy (non-hydrogen) atoms. The number of nitrogens with one attached hydrogen (secondary N) is 1. The topological polar surface area (TPSA) is 81.9 Å². The van der Waals surface area contributed by atoms with E-state index in [0.29, 0.717) is 11.8 Å². The molecule has 0 unspecified atom stereocenters. The fraction of sp³-hybridized carbons (Fsp3) is 0.400. The first-order valence-electron chi connectivity index (χ1n) is 3.08. The molecular weight excluding hydrogens is 130 g/mol. The molecule has 0 aliphatic rings. The molecule has 0 atom stereocenters. The number of nitrogen functional groups attached to an aromatic ring is 2. The van der Waals surface area contributed by atoms with Gasteiger partial charge in [0.05, 0.1) is 6.20 Å². The molecule has 1 aromatic heterocycles. The van der Waals surface area contributed by atoms with Crippen LogP contribution in [0.15, 0.2) is 6.20 Å². The Bertz CT molecular complexity index is 196. The molecule has 0 aromatic carbocycles. The maximum atomic E-state index is 5.49. The van der Waals surface area contributed by atoms with Crippen molar-refractivity contribution in [3.05, 3.63) is 6.20 Å². The van der Waals surface area contributed by atoms with Crippen LogP contribution in [0.4, 0.5) is 11.8 Å². The molecule has 0 saturated heterocycles. The number of aromatic nitrogens is 2. The zero-order valence-electron chi connectivity index (χ0n) is 5.83. The highest BCUT2D eigenvalue weighted by atomic mass is 15.5. The summed E-state index contributed by atoms with van der Waals surface area (Å²) in [5, 5.41) is 0. The zero-order chi connectivity index (χ0) is 7.56. The summed E-state index contributed by atoms with van der Waals surface area (Å²) in [4.78, 5) is 3.79. The third-order valence-electron chi connectivity index (χ3n) is 1.13. The molecule has 0 bridgehead atoms. The van der Waals surface area contributed by atoms with Crippen LogP contribution < -0.4 is 16.9 Å². The van der Waals surface area contributed by atoms with Gasteiger partial charge in [-0.05, 0) is 6.92 Å². The van der Waals surface area contributed by atoms with Crippen LogP contribution in [0.5, 0.6) is 0 Å². The summed E-state index contributed by atoms with van der Waals surface area (Å²) in [5.74, 6) is 0.915. The summed E-state index contributed by atoms with van der Waals surface area (Å²) >= 11 is 0. The number of nitrogens with two attached hydrogens (primary N) is 2. The van der Waals surface area contributed by atoms with Crippen molar-refractivity contribution >= 4 is 11.8 Å². The van der Waals surface area contributed by atoms with Gasteiger partial charge in [-0.3, -0.25) is 0 Å². The summed E-state index contributed by atoms with van der Waals surface area (Å²) < 4.78 is 1.54. The van der Waals surface area contributed by atoms with E-state index < -0.39 is 0 Å². The normalized spacial score (nSPS) is 9.70. The molecule has 5 heteroatoms. The van der Waals surface area contributed by atoms with E-state index in [-0.39, 0.29) is 0 Å². The summed E-state index contributed by atoms with van der Waals surface area (Å²) in [6.45, 7) is 2.73. The third kappa shape index (κ3) is 0.975. The van der Waals surface area contributed by atoms with Crippen LogP contribution in [0.3, 0.4) is 0 Å². The number of imidazole rings is 1. The molecule has 5 N–H and O–H groups in total. The molecule has 1 heterocycles. The number of anilines is 2. The monoisotopic (exact) mass is 141 g/mol. The minimum atomic E-state index is 0.388. The number of hydrogen-bond donors (Lipinski definition) is 3. The minimum Gasteiger partial charge on any atom is -0.382 e. The van der Waals surface area contributed by atoms with Crippen LogP contribution in [0.1, 0.15) is 6.92 Å². The fourth-order valence-electron chi connectivity index (χ4n) is 0.710. The average Bonchev–Trinajstić information content (AvgIpc) is 2.20. The van der Waals surface area contributed by atoms with Gasteiger partial charge in [-0.2, -0.15) is 0 Å². The number of hydrogen-bond acceptors (Lipinski definition) is 4. The van der Waals surface area contributed by atoms with Gasteiger partial charge in [0.25, 0.3) is 0 Å². The summed E-state index contributed by atoms with van der Waals surface area (Å²) in [7, 11) is 0. The molecule has 56 valence electrons. The van der Waals surface area contributed by atoms with Crippen molar-refractivity contribution in [3.63, 3.8) is 0 Å². The van der Waals surface area contributed by atoms with Gasteiger partial charge in [0.2, 0.25) is 5.95 Å². The first-order chi connectivity index (χ1) is 4.75. The van der Waals surface area contributed by atoms with Crippen LogP contribution in [0, 0.1) is 0 Å². The maximum Gasteiger partial charge on any atom is 0.221 e. The van der Waals surface area contributed by atoms with Crippen LogP contribution in [-0.2, 0) is 0 Å². The van der Waals surface area contributed by atoms with Gasteiger partial charge in [0, 0.05) is 6.54 Å². The largest absolute Gasteiger partial charge is 0.382 e. The molecule has 0 radical (unpaired) electrons.